The van der Waals surface area contributed by atoms with Crippen molar-refractivity contribution in [2.75, 3.05) is 25.5 Å². The summed E-state index contributed by atoms with van der Waals surface area (Å²) < 4.78 is 0. The van der Waals surface area contributed by atoms with E-state index in [1.165, 1.54) is 12.8 Å². The van der Waals surface area contributed by atoms with Crippen molar-refractivity contribution >= 4 is 17.4 Å². The van der Waals surface area contributed by atoms with Gasteiger partial charge in [0.05, 0.1) is 5.02 Å². The summed E-state index contributed by atoms with van der Waals surface area (Å²) >= 11 is 5.78. The highest BCUT2D eigenvalue weighted by Crippen LogP contribution is 2.15. The number of pyridine rings is 1. The number of nitrogens with one attached hydrogen (secondary N) is 1. The lowest BCUT2D eigenvalue weighted by atomic mass is 10.1. The fraction of sp³-hybridized carbons (Fsp3) is 0.545. The van der Waals surface area contributed by atoms with Crippen molar-refractivity contribution in [3.8, 4) is 0 Å². The molecule has 2 heterocycles. The molecule has 1 aromatic heterocycles. The van der Waals surface area contributed by atoms with Crippen LogP contribution in [-0.4, -0.2) is 36.1 Å². The SMILES string of the molecule is CN1CCC(Nc2ccc(Cl)cn2)CC1. The van der Waals surface area contributed by atoms with Crippen molar-refractivity contribution in [3.63, 3.8) is 0 Å². The van der Waals surface area contributed by atoms with Crippen LogP contribution in [0, 0.1) is 0 Å². The molecule has 3 nitrogen and oxygen atoms in total. The van der Waals surface area contributed by atoms with E-state index in [0.29, 0.717) is 11.1 Å². The summed E-state index contributed by atoms with van der Waals surface area (Å²) in [6.07, 6.45) is 4.04. The molecule has 0 unspecified atom stereocenters. The fourth-order valence-electron chi connectivity index (χ4n) is 1.82. The molecule has 1 N–H and O–H groups in total. The quantitative estimate of drug-likeness (QED) is 0.837. The van der Waals surface area contributed by atoms with Gasteiger partial charge in [0.2, 0.25) is 0 Å². The van der Waals surface area contributed by atoms with Crippen molar-refractivity contribution in [2.24, 2.45) is 0 Å². The van der Waals surface area contributed by atoms with E-state index < -0.39 is 0 Å². The molecule has 0 saturated carbocycles. The number of aromatic nitrogens is 1. The van der Waals surface area contributed by atoms with Gasteiger partial charge in [-0.1, -0.05) is 11.6 Å². The van der Waals surface area contributed by atoms with Crippen LogP contribution in [0.4, 0.5) is 5.82 Å². The number of anilines is 1. The molecule has 4 heteroatoms. The first kappa shape index (κ1) is 10.7. The molecule has 1 aliphatic heterocycles. The van der Waals surface area contributed by atoms with Crippen molar-refractivity contribution in [2.45, 2.75) is 18.9 Å². The zero-order chi connectivity index (χ0) is 10.7. The zero-order valence-electron chi connectivity index (χ0n) is 8.91. The van der Waals surface area contributed by atoms with Gasteiger partial charge in [0.1, 0.15) is 5.82 Å². The third kappa shape index (κ3) is 3.08. The molecule has 82 valence electrons. The van der Waals surface area contributed by atoms with Gasteiger partial charge in [0.15, 0.2) is 0 Å². The number of nitrogens with zero attached hydrogens (tertiary/aromatic N) is 2. The second-order valence-corrected chi connectivity index (χ2v) is 4.52. The highest BCUT2D eigenvalue weighted by atomic mass is 35.5. The van der Waals surface area contributed by atoms with Crippen molar-refractivity contribution in [3.05, 3.63) is 23.4 Å². The Bertz CT molecular complexity index is 304. The summed E-state index contributed by atoms with van der Waals surface area (Å²) in [5, 5.41) is 4.12. The van der Waals surface area contributed by atoms with Gasteiger partial charge in [-0.2, -0.15) is 0 Å². The highest BCUT2D eigenvalue weighted by Gasteiger charge is 2.16. The van der Waals surface area contributed by atoms with Crippen LogP contribution in [0.2, 0.25) is 5.02 Å². The Morgan fingerprint density at radius 3 is 2.73 bits per heavy atom. The second-order valence-electron chi connectivity index (χ2n) is 4.08. The molecule has 0 aromatic carbocycles. The zero-order valence-corrected chi connectivity index (χ0v) is 9.67. The molecule has 1 aliphatic rings. The Morgan fingerprint density at radius 1 is 1.40 bits per heavy atom. The Labute approximate surface area is 95.4 Å². The molecule has 2 rings (SSSR count). The van der Waals surface area contributed by atoms with Crippen LogP contribution in [0.25, 0.3) is 0 Å². The Kier molecular flexibility index (Phi) is 3.44. The largest absolute Gasteiger partial charge is 0.367 e. The third-order valence-corrected chi connectivity index (χ3v) is 3.02. The number of hydrogen-bond acceptors (Lipinski definition) is 3. The molecule has 0 amide bonds. The lowest BCUT2D eigenvalue weighted by Crippen LogP contribution is -2.36. The smallest absolute Gasteiger partial charge is 0.126 e. The van der Waals surface area contributed by atoms with E-state index in [9.17, 15) is 0 Å². The van der Waals surface area contributed by atoms with Gasteiger partial charge in [-0.25, -0.2) is 4.98 Å². The van der Waals surface area contributed by atoms with Crippen molar-refractivity contribution in [1.82, 2.24) is 9.88 Å². The first-order valence-corrected chi connectivity index (χ1v) is 5.68. The maximum absolute atomic E-state index is 5.78. The van der Waals surface area contributed by atoms with Gasteiger partial charge >= 0.3 is 0 Å². The molecule has 15 heavy (non-hydrogen) atoms. The molecule has 0 atom stereocenters. The molecular weight excluding hydrogens is 210 g/mol. The normalized spacial score (nSPS) is 19.1. The molecule has 0 bridgehead atoms. The van der Waals surface area contributed by atoms with Gasteiger partial charge in [-0.15, -0.1) is 0 Å². The van der Waals surface area contributed by atoms with E-state index in [2.05, 4.69) is 22.2 Å². The van der Waals surface area contributed by atoms with Crippen LogP contribution < -0.4 is 5.32 Å². The van der Waals surface area contributed by atoms with Gasteiger partial charge in [-0.3, -0.25) is 0 Å². The monoisotopic (exact) mass is 225 g/mol. The minimum absolute atomic E-state index is 0.551. The summed E-state index contributed by atoms with van der Waals surface area (Å²) in [5.41, 5.74) is 0. The van der Waals surface area contributed by atoms with Crippen molar-refractivity contribution < 1.29 is 0 Å². The summed E-state index contributed by atoms with van der Waals surface area (Å²) in [4.78, 5) is 6.59. The molecule has 1 aromatic rings. The van der Waals surface area contributed by atoms with Crippen LogP contribution >= 0.6 is 11.6 Å². The summed E-state index contributed by atoms with van der Waals surface area (Å²) in [5.74, 6) is 0.925. The Balaban J connectivity index is 1.89. The topological polar surface area (TPSA) is 28.2 Å². The molecule has 1 saturated heterocycles. The van der Waals surface area contributed by atoms with Crippen LogP contribution in [0.1, 0.15) is 12.8 Å². The minimum atomic E-state index is 0.551. The average Bonchev–Trinajstić information content (AvgIpc) is 2.25. The van der Waals surface area contributed by atoms with E-state index in [1.807, 2.05) is 12.1 Å². The van der Waals surface area contributed by atoms with E-state index in [1.54, 1.807) is 6.20 Å². The second kappa shape index (κ2) is 4.81. The van der Waals surface area contributed by atoms with Crippen LogP contribution in [0.5, 0.6) is 0 Å². The van der Waals surface area contributed by atoms with Gasteiger partial charge in [0, 0.05) is 12.2 Å². The summed E-state index contributed by atoms with van der Waals surface area (Å²) in [6.45, 7) is 2.32. The van der Waals surface area contributed by atoms with Crippen LogP contribution in [0.15, 0.2) is 18.3 Å². The maximum Gasteiger partial charge on any atom is 0.126 e. The van der Waals surface area contributed by atoms with Gasteiger partial charge in [0.25, 0.3) is 0 Å². The van der Waals surface area contributed by atoms with E-state index >= 15 is 0 Å². The third-order valence-electron chi connectivity index (χ3n) is 2.80. The lowest BCUT2D eigenvalue weighted by Gasteiger charge is -2.29. The van der Waals surface area contributed by atoms with Crippen molar-refractivity contribution in [1.29, 1.82) is 0 Å². The van der Waals surface area contributed by atoms with E-state index in [0.717, 1.165) is 18.9 Å². The fourth-order valence-corrected chi connectivity index (χ4v) is 1.94. The number of piperidine rings is 1. The Hall–Kier alpha value is -0.800. The lowest BCUT2D eigenvalue weighted by molar-refractivity contribution is 0.263. The first-order valence-electron chi connectivity index (χ1n) is 5.30. The van der Waals surface area contributed by atoms with Crippen LogP contribution in [0.3, 0.4) is 0 Å². The Morgan fingerprint density at radius 2 is 2.13 bits per heavy atom. The first-order chi connectivity index (χ1) is 7.24. The minimum Gasteiger partial charge on any atom is -0.367 e. The number of rotatable bonds is 2. The molecule has 0 radical (unpaired) electrons. The predicted octanol–water partition coefficient (Wildman–Crippen LogP) is 2.24. The van der Waals surface area contributed by atoms with E-state index in [-0.39, 0.29) is 0 Å². The average molecular weight is 226 g/mol. The number of likely N-dealkylation sites (tertiary alicyclic amines) is 1. The molecule has 0 spiro atoms. The molecular formula is C11H16ClN3. The number of halogens is 1. The van der Waals surface area contributed by atoms with Crippen LogP contribution in [-0.2, 0) is 0 Å². The standard InChI is InChI=1S/C11H16ClN3/c1-15-6-4-10(5-7-15)14-11-3-2-9(12)8-13-11/h2-3,8,10H,4-7H2,1H3,(H,13,14). The summed E-state index contributed by atoms with van der Waals surface area (Å²) in [6, 6.07) is 4.35. The maximum atomic E-state index is 5.78. The van der Waals surface area contributed by atoms with E-state index in [4.69, 9.17) is 11.6 Å². The van der Waals surface area contributed by atoms with Gasteiger partial charge < -0.3 is 10.2 Å². The number of hydrogen-bond donors (Lipinski definition) is 1. The molecule has 0 aliphatic carbocycles. The summed E-state index contributed by atoms with van der Waals surface area (Å²) in [7, 11) is 2.16. The highest BCUT2D eigenvalue weighted by molar-refractivity contribution is 6.30. The molecule has 1 fully saturated rings. The predicted molar refractivity (Wildman–Crippen MR) is 63.4 cm³/mol. The van der Waals surface area contributed by atoms with Gasteiger partial charge in [-0.05, 0) is 45.1 Å².